The third-order valence-corrected chi connectivity index (χ3v) is 3.65. The van der Waals surface area contributed by atoms with Crippen molar-refractivity contribution in [2.24, 2.45) is 0 Å². The number of hydrogen-bond acceptors (Lipinski definition) is 6. The summed E-state index contributed by atoms with van der Waals surface area (Å²) in [7, 11) is 0. The van der Waals surface area contributed by atoms with Gasteiger partial charge < -0.3 is 19.7 Å². The summed E-state index contributed by atoms with van der Waals surface area (Å²) in [4.78, 5) is 14.7. The van der Waals surface area contributed by atoms with Crippen molar-refractivity contribution in [3.8, 4) is 5.75 Å². The molecule has 0 aliphatic carbocycles. The lowest BCUT2D eigenvalue weighted by Crippen LogP contribution is -2.17. The number of carbonyl (C=O) groups is 1. The van der Waals surface area contributed by atoms with Crippen molar-refractivity contribution < 1.29 is 28.9 Å². The van der Waals surface area contributed by atoms with Gasteiger partial charge in [0.15, 0.2) is 6.29 Å². The van der Waals surface area contributed by atoms with E-state index in [-0.39, 0.29) is 23.6 Å². The highest BCUT2D eigenvalue weighted by atomic mass is 19.1. The maximum Gasteiger partial charge on any atom is 0.335 e. The molecule has 144 valence electrons. The van der Waals surface area contributed by atoms with Crippen molar-refractivity contribution in [2.75, 3.05) is 13.2 Å². The van der Waals surface area contributed by atoms with Crippen molar-refractivity contribution in [1.82, 2.24) is 4.98 Å². The highest BCUT2D eigenvalue weighted by Crippen LogP contribution is 2.12. The van der Waals surface area contributed by atoms with Crippen LogP contribution in [0.4, 0.5) is 4.39 Å². The van der Waals surface area contributed by atoms with Gasteiger partial charge in [-0.05, 0) is 43.5 Å². The number of nitrogens with zero attached hydrogens (tertiary/aromatic N) is 1. The fourth-order valence-corrected chi connectivity index (χ4v) is 2.24. The molecule has 27 heavy (non-hydrogen) atoms. The highest BCUT2D eigenvalue weighted by Gasteiger charge is 2.09. The molecule has 0 saturated carbocycles. The molecule has 0 radical (unpaired) electrons. The van der Waals surface area contributed by atoms with E-state index < -0.39 is 18.1 Å². The molecule has 1 aromatic carbocycles. The van der Waals surface area contributed by atoms with Gasteiger partial charge in [0.25, 0.3) is 0 Å². The summed E-state index contributed by atoms with van der Waals surface area (Å²) >= 11 is 0. The Morgan fingerprint density at radius 3 is 2.74 bits per heavy atom. The number of aromatic nitrogens is 1. The summed E-state index contributed by atoms with van der Waals surface area (Å²) in [5.41, 5.74) is 0.268. The van der Waals surface area contributed by atoms with Gasteiger partial charge in [-0.25, -0.2) is 9.18 Å². The first-order valence-electron chi connectivity index (χ1n) is 8.41. The molecular formula is C19H21FN2O5. The molecule has 2 aromatic rings. The molecule has 1 aliphatic rings. The Hall–Kier alpha value is -2.84. The molecule has 1 saturated heterocycles. The fourth-order valence-electron chi connectivity index (χ4n) is 2.24. The lowest BCUT2D eigenvalue weighted by atomic mass is 10.2. The molecule has 3 rings (SSSR count). The predicted molar refractivity (Wildman–Crippen MR) is 95.7 cm³/mol. The van der Waals surface area contributed by atoms with Gasteiger partial charge in [-0.15, -0.1) is 0 Å². The number of rotatable bonds is 5. The Labute approximate surface area is 155 Å². The van der Waals surface area contributed by atoms with Crippen LogP contribution in [0, 0.1) is 11.2 Å². The van der Waals surface area contributed by atoms with Gasteiger partial charge in [0, 0.05) is 18.9 Å². The average Bonchev–Trinajstić information content (AvgIpc) is 2.67. The Kier molecular flexibility index (Phi) is 7.84. The first-order chi connectivity index (χ1) is 13.0. The van der Waals surface area contributed by atoms with Crippen LogP contribution in [-0.4, -0.2) is 46.4 Å². The number of benzene rings is 1. The fraction of sp³-hybridized carbons (Fsp3) is 0.316. The zero-order chi connectivity index (χ0) is 19.6. The van der Waals surface area contributed by atoms with Crippen LogP contribution in [0.15, 0.2) is 42.6 Å². The van der Waals surface area contributed by atoms with Crippen LogP contribution in [0.1, 0.15) is 35.3 Å². The minimum absolute atomic E-state index is 0.0114. The Morgan fingerprint density at radius 1 is 1.33 bits per heavy atom. The Bertz CT molecular complexity index is 778. The van der Waals surface area contributed by atoms with Crippen molar-refractivity contribution in [3.05, 3.63) is 59.7 Å². The number of carboxylic acid groups (broad SMARTS) is 1. The monoisotopic (exact) mass is 376 g/mol. The summed E-state index contributed by atoms with van der Waals surface area (Å²) in [6.07, 6.45) is 3.89. The SMILES string of the molecule is N=C(COc1cccc(F)c1)c1cc(C(=O)O)ccn1.OC1CCCCO1. The number of aliphatic hydroxyl groups is 1. The number of ether oxygens (including phenoxy) is 2. The number of nitrogens with one attached hydrogen (secondary N) is 1. The summed E-state index contributed by atoms with van der Waals surface area (Å²) in [5, 5.41) is 25.3. The molecular weight excluding hydrogens is 355 g/mol. The number of halogens is 1. The summed E-state index contributed by atoms with van der Waals surface area (Å²) in [5.74, 6) is -1.23. The van der Waals surface area contributed by atoms with Gasteiger partial charge in [-0.3, -0.25) is 10.4 Å². The van der Waals surface area contributed by atoms with Crippen molar-refractivity contribution in [3.63, 3.8) is 0 Å². The van der Waals surface area contributed by atoms with E-state index in [0.717, 1.165) is 25.9 Å². The molecule has 0 bridgehead atoms. The van der Waals surface area contributed by atoms with Crippen LogP contribution in [-0.2, 0) is 4.74 Å². The van der Waals surface area contributed by atoms with Crippen LogP contribution in [0.3, 0.4) is 0 Å². The summed E-state index contributed by atoms with van der Waals surface area (Å²) in [6.45, 7) is 0.612. The molecule has 1 unspecified atom stereocenters. The van der Waals surface area contributed by atoms with Gasteiger partial charge in [0.2, 0.25) is 0 Å². The summed E-state index contributed by atoms with van der Waals surface area (Å²) in [6, 6.07) is 8.19. The number of aromatic carboxylic acids is 1. The normalized spacial score (nSPS) is 16.0. The van der Waals surface area contributed by atoms with Crippen LogP contribution < -0.4 is 4.74 Å². The van der Waals surface area contributed by atoms with Gasteiger partial charge in [-0.2, -0.15) is 0 Å². The quantitative estimate of drug-likeness (QED) is 0.692. The zero-order valence-electron chi connectivity index (χ0n) is 14.6. The maximum atomic E-state index is 12.9. The molecule has 1 fully saturated rings. The topological polar surface area (TPSA) is 113 Å². The van der Waals surface area contributed by atoms with E-state index in [0.29, 0.717) is 5.75 Å². The van der Waals surface area contributed by atoms with Crippen LogP contribution in [0.2, 0.25) is 0 Å². The number of carboxylic acids is 1. The smallest absolute Gasteiger partial charge is 0.335 e. The molecule has 0 spiro atoms. The minimum Gasteiger partial charge on any atom is -0.487 e. The molecule has 7 nitrogen and oxygen atoms in total. The van der Waals surface area contributed by atoms with Gasteiger partial charge in [0.05, 0.1) is 17.0 Å². The molecule has 0 amide bonds. The minimum atomic E-state index is -1.09. The van der Waals surface area contributed by atoms with Crippen molar-refractivity contribution in [1.29, 1.82) is 5.41 Å². The van der Waals surface area contributed by atoms with E-state index in [2.05, 4.69) is 4.98 Å². The first kappa shape index (κ1) is 20.5. The largest absolute Gasteiger partial charge is 0.487 e. The van der Waals surface area contributed by atoms with Crippen molar-refractivity contribution >= 4 is 11.7 Å². The second kappa shape index (κ2) is 10.3. The Balaban J connectivity index is 0.000000313. The predicted octanol–water partition coefficient (Wildman–Crippen LogP) is 2.87. The molecule has 8 heteroatoms. The van der Waals surface area contributed by atoms with E-state index in [9.17, 15) is 9.18 Å². The third kappa shape index (κ3) is 7.12. The average molecular weight is 376 g/mol. The third-order valence-electron chi connectivity index (χ3n) is 3.65. The van der Waals surface area contributed by atoms with E-state index in [1.54, 1.807) is 6.07 Å². The van der Waals surface area contributed by atoms with E-state index in [4.69, 9.17) is 25.1 Å². The molecule has 1 aliphatic heterocycles. The maximum absolute atomic E-state index is 12.9. The highest BCUT2D eigenvalue weighted by molar-refractivity contribution is 5.99. The van der Waals surface area contributed by atoms with E-state index in [1.807, 2.05) is 0 Å². The molecule has 1 aromatic heterocycles. The number of pyridine rings is 1. The molecule has 3 N–H and O–H groups in total. The second-order valence-corrected chi connectivity index (χ2v) is 5.78. The standard InChI is InChI=1S/C14H11FN2O3.C5H10O2/c15-10-2-1-3-11(7-10)20-8-12(16)13-6-9(14(18)19)4-5-17-13;6-5-3-1-2-4-7-5/h1-7,16H,8H2,(H,18,19);5-6H,1-4H2. The second-order valence-electron chi connectivity index (χ2n) is 5.78. The Morgan fingerprint density at radius 2 is 2.15 bits per heavy atom. The van der Waals surface area contributed by atoms with E-state index in [1.165, 1.54) is 36.5 Å². The lowest BCUT2D eigenvalue weighted by Gasteiger charge is -2.16. The summed E-state index contributed by atoms with van der Waals surface area (Å²) < 4.78 is 23.0. The van der Waals surface area contributed by atoms with Crippen LogP contribution >= 0.6 is 0 Å². The number of aliphatic hydroxyl groups excluding tert-OH is 1. The van der Waals surface area contributed by atoms with Gasteiger partial charge >= 0.3 is 5.97 Å². The van der Waals surface area contributed by atoms with E-state index >= 15 is 0 Å². The number of hydrogen-bond donors (Lipinski definition) is 3. The van der Waals surface area contributed by atoms with Crippen molar-refractivity contribution in [2.45, 2.75) is 25.6 Å². The van der Waals surface area contributed by atoms with Crippen LogP contribution in [0.25, 0.3) is 0 Å². The van der Waals surface area contributed by atoms with Crippen LogP contribution in [0.5, 0.6) is 5.75 Å². The zero-order valence-corrected chi connectivity index (χ0v) is 14.6. The van der Waals surface area contributed by atoms with Gasteiger partial charge in [-0.1, -0.05) is 6.07 Å². The molecule has 1 atom stereocenters. The van der Waals surface area contributed by atoms with Gasteiger partial charge in [0.1, 0.15) is 18.2 Å². The first-order valence-corrected chi connectivity index (χ1v) is 8.41. The lowest BCUT2D eigenvalue weighted by molar-refractivity contribution is -0.123. The molecule has 2 heterocycles.